The van der Waals surface area contributed by atoms with E-state index in [1.807, 2.05) is 12.1 Å². The van der Waals surface area contributed by atoms with Crippen LogP contribution in [0.2, 0.25) is 10.0 Å². The van der Waals surface area contributed by atoms with Gasteiger partial charge in [0.2, 0.25) is 0 Å². The molecule has 6 nitrogen and oxygen atoms in total. The number of nitrogens with one attached hydrogen (secondary N) is 1. The Hall–Kier alpha value is -1.41. The lowest BCUT2D eigenvalue weighted by molar-refractivity contribution is 0.0905. The van der Waals surface area contributed by atoms with E-state index in [9.17, 15) is 4.79 Å². The normalized spacial score (nSPS) is 14.1. The van der Waals surface area contributed by atoms with E-state index < -0.39 is 0 Å². The van der Waals surface area contributed by atoms with Gasteiger partial charge in [-0.3, -0.25) is 4.79 Å². The molecule has 2 aromatic rings. The van der Waals surface area contributed by atoms with Gasteiger partial charge in [0.05, 0.1) is 10.0 Å². The molecule has 0 atom stereocenters. The number of nitrogens with zero attached hydrogens (tertiary/aromatic N) is 1. The highest BCUT2D eigenvalue weighted by atomic mass is 35.5. The lowest BCUT2D eigenvalue weighted by Crippen LogP contribution is -2.42. The molecule has 3 rings (SSSR count). The third kappa shape index (κ3) is 8.85. The third-order valence-corrected chi connectivity index (χ3v) is 5.66. The van der Waals surface area contributed by atoms with Gasteiger partial charge in [-0.2, -0.15) is 0 Å². The van der Waals surface area contributed by atoms with E-state index >= 15 is 0 Å². The summed E-state index contributed by atoms with van der Waals surface area (Å²) >= 11 is 12.0. The predicted octanol–water partition coefficient (Wildman–Crippen LogP) is 4.45. The van der Waals surface area contributed by atoms with Crippen LogP contribution < -0.4 is 20.5 Å². The van der Waals surface area contributed by atoms with Crippen LogP contribution >= 0.6 is 48.0 Å². The van der Waals surface area contributed by atoms with E-state index in [-0.39, 0.29) is 36.8 Å². The second-order valence-corrected chi connectivity index (χ2v) is 7.97. The molecule has 1 saturated heterocycles. The molecule has 32 heavy (non-hydrogen) atoms. The summed E-state index contributed by atoms with van der Waals surface area (Å²) in [6.45, 7) is 4.09. The van der Waals surface area contributed by atoms with E-state index in [4.69, 9.17) is 38.4 Å². The number of carbonyl (C=O) groups is 1. The maximum Gasteiger partial charge on any atom is 0.251 e. The van der Waals surface area contributed by atoms with Gasteiger partial charge in [0.15, 0.2) is 0 Å². The largest absolute Gasteiger partial charge is 0.492 e. The molecule has 1 heterocycles. The quantitative estimate of drug-likeness (QED) is 0.506. The molecule has 178 valence electrons. The first-order chi connectivity index (χ1) is 14.5. The van der Waals surface area contributed by atoms with Crippen LogP contribution in [0.4, 0.5) is 0 Å². The van der Waals surface area contributed by atoms with Crippen LogP contribution in [-0.4, -0.2) is 56.2 Å². The molecule has 0 bridgehead atoms. The Morgan fingerprint density at radius 1 is 1.06 bits per heavy atom. The smallest absolute Gasteiger partial charge is 0.251 e. The standard InChI is InChI=1S/C22H27Cl2N3O3.2ClH/c23-20-5-4-19(15-21(20)24)30-17-6-10-27(11-7-17)12-9-26-22(28)16-2-1-3-18(14-16)29-13-8-25;;/h1-5,14-15,17H,6-13,25H2,(H,26,28);2*1H. The Balaban J connectivity index is 0.00000256. The van der Waals surface area contributed by atoms with Gasteiger partial charge in [-0.1, -0.05) is 29.3 Å². The van der Waals surface area contributed by atoms with Crippen molar-refractivity contribution in [3.8, 4) is 11.5 Å². The molecule has 1 aliphatic rings. The summed E-state index contributed by atoms with van der Waals surface area (Å²) in [5.41, 5.74) is 6.02. The van der Waals surface area contributed by atoms with Gasteiger partial charge in [0.25, 0.3) is 5.91 Å². The fraction of sp³-hybridized carbons (Fsp3) is 0.409. The van der Waals surface area contributed by atoms with Crippen LogP contribution in [0.1, 0.15) is 23.2 Å². The minimum atomic E-state index is -0.106. The van der Waals surface area contributed by atoms with Crippen molar-refractivity contribution in [2.75, 3.05) is 39.3 Å². The molecule has 2 aromatic carbocycles. The second-order valence-electron chi connectivity index (χ2n) is 7.16. The van der Waals surface area contributed by atoms with E-state index in [0.29, 0.717) is 41.1 Å². The summed E-state index contributed by atoms with van der Waals surface area (Å²) in [4.78, 5) is 14.7. The first kappa shape index (κ1) is 28.6. The topological polar surface area (TPSA) is 76.8 Å². The van der Waals surface area contributed by atoms with Crippen LogP contribution in [0.25, 0.3) is 0 Å². The second kappa shape index (κ2) is 14.7. The van der Waals surface area contributed by atoms with Crippen molar-refractivity contribution in [1.82, 2.24) is 10.2 Å². The van der Waals surface area contributed by atoms with E-state index in [1.165, 1.54) is 0 Å². The summed E-state index contributed by atoms with van der Waals surface area (Å²) in [6.07, 6.45) is 2.01. The number of carbonyl (C=O) groups excluding carboxylic acids is 1. The van der Waals surface area contributed by atoms with E-state index in [1.54, 1.807) is 30.3 Å². The molecule has 0 unspecified atom stereocenters. The molecule has 1 amide bonds. The van der Waals surface area contributed by atoms with Gasteiger partial charge in [-0.15, -0.1) is 24.8 Å². The van der Waals surface area contributed by atoms with Crippen molar-refractivity contribution in [1.29, 1.82) is 0 Å². The average molecular weight is 525 g/mol. The molecular weight excluding hydrogens is 496 g/mol. The van der Waals surface area contributed by atoms with Gasteiger partial charge in [-0.05, 0) is 43.2 Å². The Kier molecular flexibility index (Phi) is 13.1. The SMILES string of the molecule is Cl.Cl.NCCOc1cccc(C(=O)NCCN2CCC(Oc3ccc(Cl)c(Cl)c3)CC2)c1. The van der Waals surface area contributed by atoms with Crippen molar-refractivity contribution < 1.29 is 14.3 Å². The maximum absolute atomic E-state index is 12.4. The van der Waals surface area contributed by atoms with Crippen LogP contribution in [-0.2, 0) is 0 Å². The van der Waals surface area contributed by atoms with Gasteiger partial charge in [0, 0.05) is 44.4 Å². The molecule has 0 aromatic heterocycles. The highest BCUT2D eigenvalue weighted by molar-refractivity contribution is 6.42. The lowest BCUT2D eigenvalue weighted by atomic mass is 10.1. The van der Waals surface area contributed by atoms with Crippen molar-refractivity contribution >= 4 is 53.9 Å². The number of benzene rings is 2. The van der Waals surface area contributed by atoms with E-state index in [0.717, 1.165) is 38.2 Å². The number of hydrogen-bond acceptors (Lipinski definition) is 5. The van der Waals surface area contributed by atoms with E-state index in [2.05, 4.69) is 10.2 Å². The summed E-state index contributed by atoms with van der Waals surface area (Å²) in [5.74, 6) is 1.29. The number of hydrogen-bond donors (Lipinski definition) is 2. The van der Waals surface area contributed by atoms with Gasteiger partial charge >= 0.3 is 0 Å². The van der Waals surface area contributed by atoms with Crippen molar-refractivity contribution in [3.05, 3.63) is 58.1 Å². The number of halogens is 4. The molecule has 0 spiro atoms. The predicted molar refractivity (Wildman–Crippen MR) is 134 cm³/mol. The summed E-state index contributed by atoms with van der Waals surface area (Å²) in [7, 11) is 0. The number of ether oxygens (including phenoxy) is 2. The number of piperidine rings is 1. The molecule has 3 N–H and O–H groups in total. The van der Waals surface area contributed by atoms with Gasteiger partial charge < -0.3 is 25.4 Å². The molecular formula is C22H29Cl4N3O3. The lowest BCUT2D eigenvalue weighted by Gasteiger charge is -2.32. The molecule has 0 saturated carbocycles. The molecule has 1 aliphatic heterocycles. The fourth-order valence-corrected chi connectivity index (χ4v) is 3.61. The van der Waals surface area contributed by atoms with Gasteiger partial charge in [0.1, 0.15) is 24.2 Å². The van der Waals surface area contributed by atoms with Crippen molar-refractivity contribution in [2.24, 2.45) is 5.73 Å². The molecule has 10 heteroatoms. The van der Waals surface area contributed by atoms with Crippen LogP contribution in [0, 0.1) is 0 Å². The summed E-state index contributed by atoms with van der Waals surface area (Å²) in [5, 5.41) is 4.00. The zero-order chi connectivity index (χ0) is 21.3. The van der Waals surface area contributed by atoms with Crippen LogP contribution in [0.3, 0.4) is 0 Å². The number of nitrogens with two attached hydrogens (primary N) is 1. The fourth-order valence-electron chi connectivity index (χ4n) is 3.33. The van der Waals surface area contributed by atoms with Crippen LogP contribution in [0.15, 0.2) is 42.5 Å². The molecule has 0 radical (unpaired) electrons. The Bertz CT molecular complexity index is 849. The molecule has 0 aliphatic carbocycles. The summed E-state index contributed by atoms with van der Waals surface area (Å²) < 4.78 is 11.5. The minimum absolute atomic E-state index is 0. The van der Waals surface area contributed by atoms with Crippen molar-refractivity contribution in [3.63, 3.8) is 0 Å². The average Bonchev–Trinajstić information content (AvgIpc) is 2.76. The first-order valence-corrected chi connectivity index (χ1v) is 10.9. The Labute approximate surface area is 211 Å². The number of likely N-dealkylation sites (tertiary alicyclic amines) is 1. The van der Waals surface area contributed by atoms with Crippen molar-refractivity contribution in [2.45, 2.75) is 18.9 Å². The molecule has 1 fully saturated rings. The minimum Gasteiger partial charge on any atom is -0.492 e. The Morgan fingerprint density at radius 2 is 1.81 bits per heavy atom. The highest BCUT2D eigenvalue weighted by Gasteiger charge is 2.20. The Morgan fingerprint density at radius 3 is 2.50 bits per heavy atom. The monoisotopic (exact) mass is 523 g/mol. The first-order valence-electron chi connectivity index (χ1n) is 10.1. The van der Waals surface area contributed by atoms with Crippen LogP contribution in [0.5, 0.6) is 11.5 Å². The van der Waals surface area contributed by atoms with Gasteiger partial charge in [-0.25, -0.2) is 0 Å². The zero-order valence-corrected chi connectivity index (χ0v) is 20.7. The zero-order valence-electron chi connectivity index (χ0n) is 17.6. The third-order valence-electron chi connectivity index (χ3n) is 4.92. The maximum atomic E-state index is 12.4. The number of amides is 1. The summed E-state index contributed by atoms with van der Waals surface area (Å²) in [6, 6.07) is 12.5. The number of rotatable bonds is 9. The highest BCUT2D eigenvalue weighted by Crippen LogP contribution is 2.28.